The molecule has 0 N–H and O–H groups in total. The highest BCUT2D eigenvalue weighted by Crippen LogP contribution is 2.30. The van der Waals surface area contributed by atoms with Crippen molar-refractivity contribution in [3.63, 3.8) is 0 Å². The Hall–Kier alpha value is -3.45. The van der Waals surface area contributed by atoms with Gasteiger partial charge in [-0.25, -0.2) is 9.79 Å². The highest BCUT2D eigenvalue weighted by atomic mass is 32.1. The summed E-state index contributed by atoms with van der Waals surface area (Å²) in [6, 6.07) is 16.4. The molecule has 1 aliphatic heterocycles. The molecule has 1 aromatic heterocycles. The lowest BCUT2D eigenvalue weighted by atomic mass is 9.96. The maximum atomic E-state index is 13.5. The first-order valence-electron chi connectivity index (χ1n) is 9.92. The first-order valence-corrected chi connectivity index (χ1v) is 10.7. The van der Waals surface area contributed by atoms with Crippen molar-refractivity contribution < 1.29 is 14.3 Å². The van der Waals surface area contributed by atoms with Crippen LogP contribution < -0.4 is 19.6 Å². The van der Waals surface area contributed by atoms with Crippen LogP contribution in [0.1, 0.15) is 31.0 Å². The molecule has 0 saturated carbocycles. The summed E-state index contributed by atoms with van der Waals surface area (Å²) in [6.45, 7) is 3.78. The minimum atomic E-state index is -0.601. The molecule has 0 spiro atoms. The van der Waals surface area contributed by atoms with Gasteiger partial charge in [0.05, 0.1) is 35.6 Å². The van der Waals surface area contributed by atoms with E-state index in [1.807, 2.05) is 54.6 Å². The van der Waals surface area contributed by atoms with Gasteiger partial charge >= 0.3 is 5.97 Å². The Morgan fingerprint density at radius 2 is 1.87 bits per heavy atom. The van der Waals surface area contributed by atoms with E-state index in [1.165, 1.54) is 11.3 Å². The molecule has 0 amide bonds. The number of esters is 1. The van der Waals surface area contributed by atoms with Gasteiger partial charge in [0.1, 0.15) is 5.75 Å². The zero-order valence-electron chi connectivity index (χ0n) is 17.5. The Kier molecular flexibility index (Phi) is 5.86. The number of allylic oxidation sites excluding steroid dienone is 1. The van der Waals surface area contributed by atoms with E-state index in [1.54, 1.807) is 31.6 Å². The van der Waals surface area contributed by atoms with Gasteiger partial charge in [0, 0.05) is 5.56 Å². The molecule has 2 aromatic carbocycles. The predicted molar refractivity (Wildman–Crippen MR) is 120 cm³/mol. The van der Waals surface area contributed by atoms with Crippen LogP contribution in [0.5, 0.6) is 5.75 Å². The molecule has 1 aliphatic rings. The largest absolute Gasteiger partial charge is 0.496 e. The second kappa shape index (κ2) is 8.73. The zero-order chi connectivity index (χ0) is 22.0. The number of ether oxygens (including phenoxy) is 2. The molecule has 3 aromatic rings. The number of benzene rings is 2. The highest BCUT2D eigenvalue weighted by molar-refractivity contribution is 7.07. The van der Waals surface area contributed by atoms with Crippen LogP contribution in [0.25, 0.3) is 6.08 Å². The fraction of sp³-hybridized carbons (Fsp3) is 0.208. The number of rotatable bonds is 5. The van der Waals surface area contributed by atoms with Crippen molar-refractivity contribution in [3.05, 3.63) is 96.7 Å². The summed E-state index contributed by atoms with van der Waals surface area (Å²) in [5.74, 6) is 0.216. The summed E-state index contributed by atoms with van der Waals surface area (Å²) in [5.41, 5.74) is 2.34. The van der Waals surface area contributed by atoms with Gasteiger partial charge in [0.25, 0.3) is 5.56 Å². The Morgan fingerprint density at radius 1 is 1.16 bits per heavy atom. The summed E-state index contributed by atoms with van der Waals surface area (Å²) in [7, 11) is 1.60. The van der Waals surface area contributed by atoms with Crippen LogP contribution in [0.15, 0.2) is 75.7 Å². The molecule has 1 atom stereocenters. The number of para-hydroxylation sites is 1. The van der Waals surface area contributed by atoms with Gasteiger partial charge in [-0.15, -0.1) is 0 Å². The molecule has 7 heteroatoms. The van der Waals surface area contributed by atoms with E-state index >= 15 is 0 Å². The third-order valence-corrected chi connectivity index (χ3v) is 6.04. The van der Waals surface area contributed by atoms with Gasteiger partial charge in [-0.1, -0.05) is 59.9 Å². The fourth-order valence-electron chi connectivity index (χ4n) is 3.67. The number of thiazole rings is 1. The van der Waals surface area contributed by atoms with Gasteiger partial charge in [0.2, 0.25) is 0 Å². The third-order valence-electron chi connectivity index (χ3n) is 5.06. The first kappa shape index (κ1) is 20.8. The first-order chi connectivity index (χ1) is 15.0. The Labute approximate surface area is 183 Å². The minimum Gasteiger partial charge on any atom is -0.496 e. The van der Waals surface area contributed by atoms with Gasteiger partial charge in [-0.05, 0) is 31.6 Å². The number of aromatic nitrogens is 1. The van der Waals surface area contributed by atoms with E-state index in [0.29, 0.717) is 26.4 Å². The van der Waals surface area contributed by atoms with Crippen molar-refractivity contribution in [2.45, 2.75) is 19.9 Å². The molecule has 0 unspecified atom stereocenters. The lowest BCUT2D eigenvalue weighted by Crippen LogP contribution is -2.39. The summed E-state index contributed by atoms with van der Waals surface area (Å²) in [5, 5.41) is 0. The van der Waals surface area contributed by atoms with Crippen LogP contribution in [-0.4, -0.2) is 24.3 Å². The number of fused-ring (bicyclic) bond motifs is 1. The van der Waals surface area contributed by atoms with E-state index in [2.05, 4.69) is 4.99 Å². The zero-order valence-corrected chi connectivity index (χ0v) is 18.3. The molecule has 0 radical (unpaired) electrons. The smallest absolute Gasteiger partial charge is 0.338 e. The van der Waals surface area contributed by atoms with Crippen LogP contribution in [0.4, 0.5) is 0 Å². The SMILES string of the molecule is CCOC(=O)C1=C(C)N=c2s/c(=C/c3ccccc3OC)c(=O)n2[C@@H]1c1ccccc1. The quantitative estimate of drug-likeness (QED) is 0.579. The molecule has 2 heterocycles. The molecule has 158 valence electrons. The molecular formula is C24H22N2O4S. The number of nitrogens with zero attached hydrogens (tertiary/aromatic N) is 2. The molecule has 0 saturated heterocycles. The maximum Gasteiger partial charge on any atom is 0.338 e. The molecule has 6 nitrogen and oxygen atoms in total. The molecule has 31 heavy (non-hydrogen) atoms. The monoisotopic (exact) mass is 434 g/mol. The average Bonchev–Trinajstić information content (AvgIpc) is 3.08. The van der Waals surface area contributed by atoms with Crippen LogP contribution >= 0.6 is 11.3 Å². The Morgan fingerprint density at radius 3 is 2.58 bits per heavy atom. The number of carbonyl (C=O) groups excluding carboxylic acids is 1. The second-order valence-corrected chi connectivity index (χ2v) is 7.96. The normalized spacial score (nSPS) is 16.0. The molecule has 0 fully saturated rings. The summed E-state index contributed by atoms with van der Waals surface area (Å²) < 4.78 is 12.8. The maximum absolute atomic E-state index is 13.5. The van der Waals surface area contributed by atoms with Crippen molar-refractivity contribution in [1.29, 1.82) is 0 Å². The minimum absolute atomic E-state index is 0.210. The van der Waals surface area contributed by atoms with Gasteiger partial charge in [-0.3, -0.25) is 9.36 Å². The standard InChI is InChI=1S/C24H22N2O4S/c1-4-30-23(28)20-15(2)25-24-26(21(20)16-10-6-5-7-11-16)22(27)19(31-24)14-17-12-8-9-13-18(17)29-3/h5-14,21H,4H2,1-3H3/b19-14+/t21-/m1/s1. The van der Waals surface area contributed by atoms with E-state index in [9.17, 15) is 9.59 Å². The molecule has 0 bridgehead atoms. The molecule has 0 aliphatic carbocycles. The molecular weight excluding hydrogens is 412 g/mol. The number of carbonyl (C=O) groups is 1. The van der Waals surface area contributed by atoms with Crippen molar-refractivity contribution >= 4 is 23.4 Å². The van der Waals surface area contributed by atoms with Crippen molar-refractivity contribution in [3.8, 4) is 5.75 Å². The lowest BCUT2D eigenvalue weighted by molar-refractivity contribution is -0.139. The summed E-state index contributed by atoms with van der Waals surface area (Å²) in [6.07, 6.45) is 1.80. The van der Waals surface area contributed by atoms with Crippen molar-refractivity contribution in [2.75, 3.05) is 13.7 Å². The van der Waals surface area contributed by atoms with Gasteiger partial charge < -0.3 is 9.47 Å². The molecule has 4 rings (SSSR count). The van der Waals surface area contributed by atoms with Gasteiger partial charge in [-0.2, -0.15) is 0 Å². The van der Waals surface area contributed by atoms with E-state index in [-0.39, 0.29) is 12.2 Å². The lowest BCUT2D eigenvalue weighted by Gasteiger charge is -2.24. The predicted octanol–water partition coefficient (Wildman–Crippen LogP) is 2.81. The van der Waals surface area contributed by atoms with Crippen molar-refractivity contribution in [2.24, 2.45) is 4.99 Å². The van der Waals surface area contributed by atoms with Crippen LogP contribution in [-0.2, 0) is 9.53 Å². The fourth-order valence-corrected chi connectivity index (χ4v) is 4.71. The topological polar surface area (TPSA) is 69.9 Å². The number of hydrogen-bond acceptors (Lipinski definition) is 6. The average molecular weight is 435 g/mol. The van der Waals surface area contributed by atoms with Crippen molar-refractivity contribution in [1.82, 2.24) is 4.57 Å². The summed E-state index contributed by atoms with van der Waals surface area (Å²) >= 11 is 1.29. The number of methoxy groups -OCH3 is 1. The second-order valence-electron chi connectivity index (χ2n) is 6.95. The third kappa shape index (κ3) is 3.84. The van der Waals surface area contributed by atoms with Gasteiger partial charge in [0.15, 0.2) is 4.80 Å². The van der Waals surface area contributed by atoms with Crippen LogP contribution in [0.3, 0.4) is 0 Å². The van der Waals surface area contributed by atoms with E-state index in [4.69, 9.17) is 9.47 Å². The number of hydrogen-bond donors (Lipinski definition) is 0. The summed E-state index contributed by atoms with van der Waals surface area (Å²) in [4.78, 5) is 31.4. The van der Waals surface area contributed by atoms with E-state index < -0.39 is 12.0 Å². The Bertz CT molecular complexity index is 1340. The highest BCUT2D eigenvalue weighted by Gasteiger charge is 2.33. The van der Waals surface area contributed by atoms with Crippen LogP contribution in [0.2, 0.25) is 0 Å². The Balaban J connectivity index is 1.97. The van der Waals surface area contributed by atoms with E-state index in [0.717, 1.165) is 11.1 Å². The van der Waals surface area contributed by atoms with Crippen LogP contribution in [0, 0.1) is 0 Å².